The fourth-order valence-electron chi connectivity index (χ4n) is 2.13. The van der Waals surface area contributed by atoms with Crippen molar-refractivity contribution in [1.29, 1.82) is 0 Å². The summed E-state index contributed by atoms with van der Waals surface area (Å²) in [4.78, 5) is 13.9. The average Bonchev–Trinajstić information content (AvgIpc) is 2.21. The molecule has 3 heteroatoms. The summed E-state index contributed by atoms with van der Waals surface area (Å²) >= 11 is 0. The molecule has 1 heterocycles. The summed E-state index contributed by atoms with van der Waals surface area (Å²) in [6.45, 7) is 8.32. The summed E-state index contributed by atoms with van der Waals surface area (Å²) in [6, 6.07) is -0.282. The molecule has 15 heavy (non-hydrogen) atoms. The minimum absolute atomic E-state index is 0.149. The van der Waals surface area contributed by atoms with Crippen LogP contribution in [0.4, 0.5) is 0 Å². The Balaban J connectivity index is 2.47. The van der Waals surface area contributed by atoms with Crippen molar-refractivity contribution >= 4 is 5.91 Å². The molecule has 1 aliphatic heterocycles. The highest BCUT2D eigenvalue weighted by Crippen LogP contribution is 2.22. The summed E-state index contributed by atoms with van der Waals surface area (Å²) in [5.41, 5.74) is 5.85. The zero-order valence-corrected chi connectivity index (χ0v) is 10.2. The highest BCUT2D eigenvalue weighted by molar-refractivity contribution is 5.81. The zero-order valence-electron chi connectivity index (χ0n) is 10.2. The molecular weight excluding hydrogens is 188 g/mol. The van der Waals surface area contributed by atoms with E-state index in [0.717, 1.165) is 38.3 Å². The zero-order chi connectivity index (χ0) is 11.4. The van der Waals surface area contributed by atoms with Crippen LogP contribution in [-0.2, 0) is 4.79 Å². The molecule has 2 N–H and O–H groups in total. The Hall–Kier alpha value is -0.570. The average molecular weight is 212 g/mol. The number of likely N-dealkylation sites (tertiary alicyclic amines) is 1. The molecule has 0 radical (unpaired) electrons. The number of hydrogen-bond donors (Lipinski definition) is 1. The van der Waals surface area contributed by atoms with Gasteiger partial charge in [0.2, 0.25) is 5.91 Å². The fourth-order valence-corrected chi connectivity index (χ4v) is 2.13. The number of nitrogens with zero attached hydrogens (tertiary/aromatic N) is 1. The van der Waals surface area contributed by atoms with Crippen LogP contribution in [0.25, 0.3) is 0 Å². The van der Waals surface area contributed by atoms with E-state index in [-0.39, 0.29) is 11.9 Å². The highest BCUT2D eigenvalue weighted by Gasteiger charge is 2.28. The van der Waals surface area contributed by atoms with Gasteiger partial charge in [-0.2, -0.15) is 0 Å². The van der Waals surface area contributed by atoms with E-state index in [1.807, 2.05) is 4.90 Å². The Morgan fingerprint density at radius 2 is 2.13 bits per heavy atom. The Labute approximate surface area is 93.0 Å². The van der Waals surface area contributed by atoms with Gasteiger partial charge in [-0.05, 0) is 24.7 Å². The van der Waals surface area contributed by atoms with E-state index in [2.05, 4.69) is 20.8 Å². The Morgan fingerprint density at radius 3 is 2.67 bits per heavy atom. The molecule has 3 atom stereocenters. The van der Waals surface area contributed by atoms with Crippen molar-refractivity contribution in [3.05, 3.63) is 0 Å². The third-order valence-electron chi connectivity index (χ3n) is 3.56. The van der Waals surface area contributed by atoms with Crippen LogP contribution in [0.3, 0.4) is 0 Å². The molecule has 0 spiro atoms. The Bertz CT molecular complexity index is 218. The third-order valence-corrected chi connectivity index (χ3v) is 3.56. The van der Waals surface area contributed by atoms with E-state index in [4.69, 9.17) is 5.73 Å². The van der Waals surface area contributed by atoms with Crippen molar-refractivity contribution in [1.82, 2.24) is 4.90 Å². The molecule has 0 aromatic heterocycles. The van der Waals surface area contributed by atoms with Crippen molar-refractivity contribution in [2.24, 2.45) is 17.6 Å². The van der Waals surface area contributed by atoms with Gasteiger partial charge in [0.1, 0.15) is 0 Å². The summed E-state index contributed by atoms with van der Waals surface area (Å²) in [6.07, 6.45) is 2.90. The van der Waals surface area contributed by atoms with E-state index in [0.29, 0.717) is 5.92 Å². The third kappa shape index (κ3) is 3.20. The van der Waals surface area contributed by atoms with Gasteiger partial charge in [-0.3, -0.25) is 4.79 Å². The number of amides is 1. The second-order valence-electron chi connectivity index (χ2n) is 4.92. The van der Waals surface area contributed by atoms with Crippen LogP contribution in [0.1, 0.15) is 40.0 Å². The topological polar surface area (TPSA) is 46.3 Å². The maximum Gasteiger partial charge on any atom is 0.239 e. The highest BCUT2D eigenvalue weighted by atomic mass is 16.2. The fraction of sp³-hybridized carbons (Fsp3) is 0.917. The lowest BCUT2D eigenvalue weighted by atomic mass is 9.88. The van der Waals surface area contributed by atoms with Crippen LogP contribution in [0.15, 0.2) is 0 Å². The molecule has 1 aliphatic rings. The molecule has 88 valence electrons. The number of carbonyl (C=O) groups is 1. The van der Waals surface area contributed by atoms with Gasteiger partial charge in [-0.1, -0.05) is 27.2 Å². The van der Waals surface area contributed by atoms with Crippen molar-refractivity contribution < 1.29 is 4.79 Å². The quantitative estimate of drug-likeness (QED) is 0.772. The monoisotopic (exact) mass is 212 g/mol. The standard InChI is InChI=1S/C12H24N2O/c1-4-5-11(13)12(15)14-7-6-9(2)10(3)8-14/h9-11H,4-8,13H2,1-3H3/t9?,10?,11-/m0/s1. The van der Waals surface area contributed by atoms with E-state index in [1.54, 1.807) is 0 Å². The molecule has 1 saturated heterocycles. The molecule has 0 aliphatic carbocycles. The first-order valence-electron chi connectivity index (χ1n) is 6.10. The van der Waals surface area contributed by atoms with Crippen LogP contribution in [0.5, 0.6) is 0 Å². The molecule has 2 unspecified atom stereocenters. The van der Waals surface area contributed by atoms with Gasteiger partial charge in [-0.15, -0.1) is 0 Å². The predicted octanol–water partition coefficient (Wildman–Crippen LogP) is 1.62. The van der Waals surface area contributed by atoms with Gasteiger partial charge < -0.3 is 10.6 Å². The van der Waals surface area contributed by atoms with Crippen molar-refractivity contribution in [3.8, 4) is 0 Å². The summed E-state index contributed by atoms with van der Waals surface area (Å²) < 4.78 is 0. The smallest absolute Gasteiger partial charge is 0.239 e. The Morgan fingerprint density at radius 1 is 1.47 bits per heavy atom. The molecule has 0 aromatic rings. The number of carbonyl (C=O) groups excluding carboxylic acids is 1. The van der Waals surface area contributed by atoms with Crippen LogP contribution >= 0.6 is 0 Å². The second-order valence-corrected chi connectivity index (χ2v) is 4.92. The van der Waals surface area contributed by atoms with Crippen molar-refractivity contribution in [2.45, 2.75) is 46.1 Å². The maximum absolute atomic E-state index is 11.9. The van der Waals surface area contributed by atoms with Crippen LogP contribution in [-0.4, -0.2) is 29.9 Å². The number of piperidine rings is 1. The number of nitrogens with two attached hydrogens (primary N) is 1. The van der Waals surface area contributed by atoms with Crippen molar-refractivity contribution in [3.63, 3.8) is 0 Å². The van der Waals surface area contributed by atoms with E-state index < -0.39 is 0 Å². The summed E-state index contributed by atoms with van der Waals surface area (Å²) in [7, 11) is 0. The molecule has 0 aromatic carbocycles. The van der Waals surface area contributed by atoms with E-state index in [9.17, 15) is 4.79 Å². The lowest BCUT2D eigenvalue weighted by Gasteiger charge is -2.36. The second kappa shape index (κ2) is 5.50. The molecule has 0 saturated carbocycles. The van der Waals surface area contributed by atoms with Gasteiger partial charge in [-0.25, -0.2) is 0 Å². The number of rotatable bonds is 3. The normalized spacial score (nSPS) is 28.9. The summed E-state index contributed by atoms with van der Waals surface area (Å²) in [5, 5.41) is 0. The minimum Gasteiger partial charge on any atom is -0.341 e. The lowest BCUT2D eigenvalue weighted by molar-refractivity contribution is -0.135. The molecule has 0 bridgehead atoms. The van der Waals surface area contributed by atoms with Gasteiger partial charge in [0.05, 0.1) is 6.04 Å². The molecular formula is C12H24N2O. The molecule has 1 rings (SSSR count). The van der Waals surface area contributed by atoms with Crippen LogP contribution in [0.2, 0.25) is 0 Å². The molecule has 3 nitrogen and oxygen atoms in total. The first-order valence-corrected chi connectivity index (χ1v) is 6.10. The minimum atomic E-state index is -0.282. The predicted molar refractivity (Wildman–Crippen MR) is 62.4 cm³/mol. The van der Waals surface area contributed by atoms with E-state index >= 15 is 0 Å². The van der Waals surface area contributed by atoms with Gasteiger partial charge in [0, 0.05) is 13.1 Å². The van der Waals surface area contributed by atoms with Crippen LogP contribution in [0, 0.1) is 11.8 Å². The SMILES string of the molecule is CCC[C@H](N)C(=O)N1CCC(C)C(C)C1. The number of hydrogen-bond acceptors (Lipinski definition) is 2. The largest absolute Gasteiger partial charge is 0.341 e. The van der Waals surface area contributed by atoms with Gasteiger partial charge in [0.25, 0.3) is 0 Å². The van der Waals surface area contributed by atoms with Crippen molar-refractivity contribution in [2.75, 3.05) is 13.1 Å². The summed E-state index contributed by atoms with van der Waals surface area (Å²) in [5.74, 6) is 1.49. The van der Waals surface area contributed by atoms with E-state index in [1.165, 1.54) is 0 Å². The first kappa shape index (κ1) is 12.5. The Kier molecular flexibility index (Phi) is 4.58. The lowest BCUT2D eigenvalue weighted by Crippen LogP contribution is -2.49. The maximum atomic E-state index is 11.9. The van der Waals surface area contributed by atoms with Gasteiger partial charge in [0.15, 0.2) is 0 Å². The first-order chi connectivity index (χ1) is 7.06. The van der Waals surface area contributed by atoms with Crippen LogP contribution < -0.4 is 5.73 Å². The van der Waals surface area contributed by atoms with Gasteiger partial charge >= 0.3 is 0 Å². The molecule has 1 fully saturated rings. The molecule has 1 amide bonds.